The van der Waals surface area contributed by atoms with Gasteiger partial charge in [-0.05, 0) is 39.0 Å². The molecule has 3 nitrogen and oxygen atoms in total. The SMILES string of the molecule is Cc1nc(C)c([C@@H](C)N(C)C(=O)c2cc(F)ccc2F)s1. The van der Waals surface area contributed by atoms with Gasteiger partial charge in [0.25, 0.3) is 5.91 Å². The van der Waals surface area contributed by atoms with E-state index in [-0.39, 0.29) is 11.6 Å². The van der Waals surface area contributed by atoms with Gasteiger partial charge in [0.15, 0.2) is 0 Å². The predicted octanol–water partition coefficient (Wildman–Crippen LogP) is 3.87. The normalized spacial score (nSPS) is 12.3. The number of aryl methyl sites for hydroxylation is 2. The summed E-state index contributed by atoms with van der Waals surface area (Å²) in [7, 11) is 1.58. The minimum Gasteiger partial charge on any atom is -0.334 e. The lowest BCUT2D eigenvalue weighted by Crippen LogP contribution is -2.30. The van der Waals surface area contributed by atoms with Gasteiger partial charge in [-0.2, -0.15) is 0 Å². The molecule has 0 aliphatic carbocycles. The van der Waals surface area contributed by atoms with Crippen LogP contribution in [0.3, 0.4) is 0 Å². The summed E-state index contributed by atoms with van der Waals surface area (Å²) in [6.45, 7) is 5.60. The van der Waals surface area contributed by atoms with Crippen molar-refractivity contribution in [3.05, 3.63) is 51.0 Å². The van der Waals surface area contributed by atoms with Crippen molar-refractivity contribution < 1.29 is 13.6 Å². The van der Waals surface area contributed by atoms with Crippen LogP contribution in [0.5, 0.6) is 0 Å². The third kappa shape index (κ3) is 3.10. The van der Waals surface area contributed by atoms with Crippen molar-refractivity contribution in [1.29, 1.82) is 0 Å². The molecule has 0 aliphatic rings. The summed E-state index contributed by atoms with van der Waals surface area (Å²) < 4.78 is 26.9. The van der Waals surface area contributed by atoms with Crippen LogP contribution < -0.4 is 0 Å². The van der Waals surface area contributed by atoms with Crippen LogP contribution in [0.2, 0.25) is 0 Å². The first-order valence-electron chi connectivity index (χ1n) is 6.47. The smallest absolute Gasteiger partial charge is 0.257 e. The Morgan fingerprint density at radius 2 is 2.00 bits per heavy atom. The second kappa shape index (κ2) is 5.89. The molecule has 1 aromatic heterocycles. The zero-order valence-corrected chi connectivity index (χ0v) is 13.1. The number of thiazole rings is 1. The number of rotatable bonds is 3. The van der Waals surface area contributed by atoms with Crippen LogP contribution in [-0.4, -0.2) is 22.8 Å². The number of carbonyl (C=O) groups is 1. The molecule has 1 amide bonds. The van der Waals surface area contributed by atoms with Gasteiger partial charge in [0, 0.05) is 11.9 Å². The number of aromatic nitrogens is 1. The summed E-state index contributed by atoms with van der Waals surface area (Å²) in [5.41, 5.74) is 0.590. The fourth-order valence-corrected chi connectivity index (χ4v) is 3.16. The standard InChI is InChI=1S/C15H16F2N2OS/c1-8-14(21-10(3)18-8)9(2)19(4)15(20)12-7-11(16)5-6-13(12)17/h5-7,9H,1-4H3/t9-/m1/s1. The summed E-state index contributed by atoms with van der Waals surface area (Å²) >= 11 is 1.50. The topological polar surface area (TPSA) is 33.2 Å². The number of hydrogen-bond donors (Lipinski definition) is 0. The van der Waals surface area contributed by atoms with E-state index < -0.39 is 17.5 Å². The quantitative estimate of drug-likeness (QED) is 0.862. The molecule has 1 aromatic carbocycles. The fourth-order valence-electron chi connectivity index (χ4n) is 2.14. The Hall–Kier alpha value is -1.82. The highest BCUT2D eigenvalue weighted by Crippen LogP contribution is 2.29. The van der Waals surface area contributed by atoms with Crippen LogP contribution in [-0.2, 0) is 0 Å². The first kappa shape index (κ1) is 15.6. The molecule has 2 aromatic rings. The van der Waals surface area contributed by atoms with Crippen LogP contribution in [0.15, 0.2) is 18.2 Å². The van der Waals surface area contributed by atoms with E-state index in [9.17, 15) is 13.6 Å². The molecule has 0 spiro atoms. The number of benzene rings is 1. The first-order chi connectivity index (χ1) is 9.81. The summed E-state index contributed by atoms with van der Waals surface area (Å²) in [5.74, 6) is -1.91. The van der Waals surface area contributed by atoms with E-state index in [1.165, 1.54) is 16.2 Å². The minimum absolute atomic E-state index is 0.258. The summed E-state index contributed by atoms with van der Waals surface area (Å²) in [5, 5.41) is 0.909. The lowest BCUT2D eigenvalue weighted by atomic mass is 10.1. The van der Waals surface area contributed by atoms with E-state index in [2.05, 4.69) is 4.98 Å². The van der Waals surface area contributed by atoms with Gasteiger partial charge in [0.1, 0.15) is 11.6 Å². The van der Waals surface area contributed by atoms with Crippen molar-refractivity contribution in [3.8, 4) is 0 Å². The highest BCUT2D eigenvalue weighted by Gasteiger charge is 2.24. The molecule has 1 heterocycles. The average Bonchev–Trinajstić information content (AvgIpc) is 2.78. The molecule has 0 saturated heterocycles. The second-order valence-corrected chi connectivity index (χ2v) is 6.13. The molecule has 0 saturated carbocycles. The van der Waals surface area contributed by atoms with Crippen LogP contribution in [0.4, 0.5) is 8.78 Å². The van der Waals surface area contributed by atoms with E-state index >= 15 is 0 Å². The number of amides is 1. The van der Waals surface area contributed by atoms with Crippen molar-refractivity contribution >= 4 is 17.2 Å². The van der Waals surface area contributed by atoms with E-state index in [0.29, 0.717) is 0 Å². The van der Waals surface area contributed by atoms with Crippen molar-refractivity contribution in [1.82, 2.24) is 9.88 Å². The van der Waals surface area contributed by atoms with Gasteiger partial charge in [0.2, 0.25) is 0 Å². The molecule has 21 heavy (non-hydrogen) atoms. The van der Waals surface area contributed by atoms with Gasteiger partial charge in [-0.25, -0.2) is 13.8 Å². The monoisotopic (exact) mass is 310 g/mol. The van der Waals surface area contributed by atoms with E-state index in [0.717, 1.165) is 33.8 Å². The second-order valence-electron chi connectivity index (χ2n) is 4.90. The number of halogens is 2. The fraction of sp³-hybridized carbons (Fsp3) is 0.333. The van der Waals surface area contributed by atoms with Crippen molar-refractivity contribution in [2.75, 3.05) is 7.05 Å². The van der Waals surface area contributed by atoms with Crippen LogP contribution in [0.1, 0.15) is 38.9 Å². The highest BCUT2D eigenvalue weighted by molar-refractivity contribution is 7.11. The van der Waals surface area contributed by atoms with Crippen LogP contribution in [0, 0.1) is 25.5 Å². The summed E-state index contributed by atoms with van der Waals surface area (Å²) in [6, 6.07) is 2.62. The Labute approximate surface area is 126 Å². The van der Waals surface area contributed by atoms with Gasteiger partial charge in [-0.1, -0.05) is 0 Å². The van der Waals surface area contributed by atoms with Gasteiger partial charge < -0.3 is 4.90 Å². The summed E-state index contributed by atoms with van der Waals surface area (Å²) in [4.78, 5) is 19.0. The Bertz CT molecular complexity index is 684. The lowest BCUT2D eigenvalue weighted by molar-refractivity contribution is 0.0739. The molecule has 1 atom stereocenters. The molecule has 0 bridgehead atoms. The Morgan fingerprint density at radius 3 is 2.57 bits per heavy atom. The lowest BCUT2D eigenvalue weighted by Gasteiger charge is -2.24. The molecule has 6 heteroatoms. The number of carbonyl (C=O) groups excluding carboxylic acids is 1. The van der Waals surface area contributed by atoms with Crippen LogP contribution in [0.25, 0.3) is 0 Å². The van der Waals surface area contributed by atoms with E-state index in [1.807, 2.05) is 20.8 Å². The van der Waals surface area contributed by atoms with Crippen molar-refractivity contribution in [3.63, 3.8) is 0 Å². The summed E-state index contributed by atoms with van der Waals surface area (Å²) in [6.07, 6.45) is 0. The van der Waals surface area contributed by atoms with E-state index in [1.54, 1.807) is 7.05 Å². The van der Waals surface area contributed by atoms with Gasteiger partial charge >= 0.3 is 0 Å². The zero-order valence-electron chi connectivity index (χ0n) is 12.3. The van der Waals surface area contributed by atoms with Gasteiger partial charge in [-0.15, -0.1) is 11.3 Å². The number of hydrogen-bond acceptors (Lipinski definition) is 3. The Kier molecular flexibility index (Phi) is 4.37. The molecule has 0 radical (unpaired) electrons. The van der Waals surface area contributed by atoms with Crippen molar-refractivity contribution in [2.24, 2.45) is 0 Å². The van der Waals surface area contributed by atoms with Crippen LogP contribution >= 0.6 is 11.3 Å². The Morgan fingerprint density at radius 1 is 1.33 bits per heavy atom. The van der Waals surface area contributed by atoms with E-state index in [4.69, 9.17) is 0 Å². The maximum atomic E-state index is 13.7. The molecular formula is C15H16F2N2OS. The van der Waals surface area contributed by atoms with Gasteiger partial charge in [0.05, 0.1) is 22.3 Å². The molecule has 0 aliphatic heterocycles. The largest absolute Gasteiger partial charge is 0.334 e. The first-order valence-corrected chi connectivity index (χ1v) is 7.29. The molecule has 0 fully saturated rings. The molecule has 0 unspecified atom stereocenters. The molecule has 2 rings (SSSR count). The third-order valence-corrected chi connectivity index (χ3v) is 4.62. The minimum atomic E-state index is -0.724. The van der Waals surface area contributed by atoms with Crippen molar-refractivity contribution in [2.45, 2.75) is 26.8 Å². The Balaban J connectivity index is 2.30. The average molecular weight is 310 g/mol. The van der Waals surface area contributed by atoms with Gasteiger partial charge in [-0.3, -0.25) is 4.79 Å². The maximum absolute atomic E-state index is 13.7. The molecule has 112 valence electrons. The predicted molar refractivity (Wildman–Crippen MR) is 78.5 cm³/mol. The molecule has 0 N–H and O–H groups in total. The molecular weight excluding hydrogens is 294 g/mol. The number of nitrogens with zero attached hydrogens (tertiary/aromatic N) is 2. The highest BCUT2D eigenvalue weighted by atomic mass is 32.1. The zero-order chi connectivity index (χ0) is 15.7. The third-order valence-electron chi connectivity index (χ3n) is 3.38. The maximum Gasteiger partial charge on any atom is 0.257 e.